The third-order valence-electron chi connectivity index (χ3n) is 3.65. The van der Waals surface area contributed by atoms with Gasteiger partial charge in [0.05, 0.1) is 0 Å². The smallest absolute Gasteiger partial charge is 0.317 e. The van der Waals surface area contributed by atoms with Crippen molar-refractivity contribution < 1.29 is 4.79 Å². The molecule has 2 rings (SSSR count). The van der Waals surface area contributed by atoms with Gasteiger partial charge in [-0.1, -0.05) is 0 Å². The Morgan fingerprint density at radius 3 is 2.47 bits per heavy atom. The van der Waals surface area contributed by atoms with Crippen LogP contribution in [0.1, 0.15) is 32.6 Å². The van der Waals surface area contributed by atoms with E-state index in [9.17, 15) is 4.79 Å². The molecule has 2 N–H and O–H groups in total. The van der Waals surface area contributed by atoms with Crippen LogP contribution in [0, 0.1) is 0 Å². The minimum atomic E-state index is 0.135. The first kappa shape index (κ1) is 10.7. The van der Waals surface area contributed by atoms with E-state index in [1.165, 1.54) is 12.8 Å². The number of hydrogen-bond donors (Lipinski definition) is 2. The van der Waals surface area contributed by atoms with Crippen LogP contribution in [0.15, 0.2) is 0 Å². The number of nitrogens with one attached hydrogen (secondary N) is 2. The van der Waals surface area contributed by atoms with Gasteiger partial charge >= 0.3 is 6.03 Å². The molecule has 2 aliphatic rings. The first-order valence-corrected chi connectivity index (χ1v) is 5.95. The highest BCUT2D eigenvalue weighted by Gasteiger charge is 2.33. The fourth-order valence-electron chi connectivity index (χ4n) is 2.71. The van der Waals surface area contributed by atoms with Crippen molar-refractivity contribution in [3.8, 4) is 0 Å². The average molecular weight is 211 g/mol. The number of hydrogen-bond acceptors (Lipinski definition) is 2. The number of carbonyl (C=O) groups excluding carboxylic acids is 1. The maximum atomic E-state index is 11.6. The molecule has 15 heavy (non-hydrogen) atoms. The zero-order chi connectivity index (χ0) is 10.8. The lowest BCUT2D eigenvalue weighted by atomic mass is 9.90. The second-order valence-electron chi connectivity index (χ2n) is 4.80. The molecule has 0 aromatic rings. The lowest BCUT2D eigenvalue weighted by Crippen LogP contribution is -2.43. The molecule has 0 aromatic heterocycles. The summed E-state index contributed by atoms with van der Waals surface area (Å²) < 4.78 is 0. The molecule has 1 saturated carbocycles. The maximum absolute atomic E-state index is 11.6. The molecule has 4 heteroatoms. The van der Waals surface area contributed by atoms with Gasteiger partial charge in [0.1, 0.15) is 0 Å². The quantitative estimate of drug-likeness (QED) is 0.713. The third-order valence-corrected chi connectivity index (χ3v) is 3.65. The van der Waals surface area contributed by atoms with Gasteiger partial charge in [-0.25, -0.2) is 4.79 Å². The lowest BCUT2D eigenvalue weighted by molar-refractivity contribution is 0.171. The van der Waals surface area contributed by atoms with E-state index in [4.69, 9.17) is 0 Å². The Labute approximate surface area is 91.4 Å². The Morgan fingerprint density at radius 2 is 2.00 bits per heavy atom. The lowest BCUT2D eigenvalue weighted by Gasteiger charge is -2.33. The van der Waals surface area contributed by atoms with Crippen LogP contribution in [0.4, 0.5) is 4.79 Å². The van der Waals surface area contributed by atoms with E-state index in [0.29, 0.717) is 18.1 Å². The van der Waals surface area contributed by atoms with E-state index in [1.54, 1.807) is 0 Å². The summed E-state index contributed by atoms with van der Waals surface area (Å²) in [6, 6.07) is 1.58. The molecule has 1 heterocycles. The zero-order valence-electron chi connectivity index (χ0n) is 9.62. The Bertz CT molecular complexity index is 236. The fourth-order valence-corrected chi connectivity index (χ4v) is 2.71. The number of amides is 2. The van der Waals surface area contributed by atoms with E-state index in [-0.39, 0.29) is 6.03 Å². The first-order chi connectivity index (χ1) is 7.20. The molecule has 1 atom stereocenters. The predicted molar refractivity (Wildman–Crippen MR) is 59.8 cm³/mol. The van der Waals surface area contributed by atoms with Gasteiger partial charge in [-0.3, -0.25) is 0 Å². The number of rotatable bonds is 2. The highest BCUT2D eigenvalue weighted by atomic mass is 16.2. The Hall–Kier alpha value is -0.770. The van der Waals surface area contributed by atoms with Crippen LogP contribution in [0.2, 0.25) is 0 Å². The van der Waals surface area contributed by atoms with Crippen LogP contribution in [-0.2, 0) is 0 Å². The van der Waals surface area contributed by atoms with Crippen molar-refractivity contribution in [1.82, 2.24) is 15.5 Å². The van der Waals surface area contributed by atoms with E-state index in [0.717, 1.165) is 19.4 Å². The van der Waals surface area contributed by atoms with Crippen molar-refractivity contribution in [3.05, 3.63) is 0 Å². The van der Waals surface area contributed by atoms with Gasteiger partial charge in [-0.2, -0.15) is 0 Å². The SMILES string of the molecule is CNC1CCC(N2CC(C)NC2=O)CC1. The highest BCUT2D eigenvalue weighted by molar-refractivity contribution is 5.77. The summed E-state index contributed by atoms with van der Waals surface area (Å²) >= 11 is 0. The molecule has 1 saturated heterocycles. The molecule has 0 aromatic carbocycles. The normalized spacial score (nSPS) is 36.8. The molecular weight excluding hydrogens is 190 g/mol. The van der Waals surface area contributed by atoms with Crippen LogP contribution in [-0.4, -0.2) is 42.6 Å². The highest BCUT2D eigenvalue weighted by Crippen LogP contribution is 2.24. The largest absolute Gasteiger partial charge is 0.334 e. The molecular formula is C11H21N3O. The summed E-state index contributed by atoms with van der Waals surface area (Å²) in [5.74, 6) is 0. The summed E-state index contributed by atoms with van der Waals surface area (Å²) in [4.78, 5) is 13.7. The third kappa shape index (κ3) is 2.25. The number of carbonyl (C=O) groups is 1. The van der Waals surface area contributed by atoms with E-state index in [1.807, 2.05) is 11.9 Å². The van der Waals surface area contributed by atoms with Crippen LogP contribution in [0.3, 0.4) is 0 Å². The van der Waals surface area contributed by atoms with Crippen molar-refractivity contribution in [2.75, 3.05) is 13.6 Å². The van der Waals surface area contributed by atoms with E-state index < -0.39 is 0 Å². The van der Waals surface area contributed by atoms with Gasteiger partial charge in [0, 0.05) is 24.7 Å². The van der Waals surface area contributed by atoms with E-state index >= 15 is 0 Å². The molecule has 1 aliphatic carbocycles. The second-order valence-corrected chi connectivity index (χ2v) is 4.80. The van der Waals surface area contributed by atoms with Crippen molar-refractivity contribution in [3.63, 3.8) is 0 Å². The average Bonchev–Trinajstić information content (AvgIpc) is 2.58. The van der Waals surface area contributed by atoms with Crippen molar-refractivity contribution >= 4 is 6.03 Å². The summed E-state index contributed by atoms with van der Waals surface area (Å²) in [5, 5.41) is 6.28. The number of nitrogens with zero attached hydrogens (tertiary/aromatic N) is 1. The molecule has 2 amide bonds. The van der Waals surface area contributed by atoms with Gasteiger partial charge in [0.25, 0.3) is 0 Å². The Balaban J connectivity index is 1.88. The van der Waals surface area contributed by atoms with E-state index in [2.05, 4.69) is 17.6 Å². The van der Waals surface area contributed by atoms with Gasteiger partial charge in [0.2, 0.25) is 0 Å². The van der Waals surface area contributed by atoms with Crippen LogP contribution >= 0.6 is 0 Å². The molecule has 2 fully saturated rings. The van der Waals surface area contributed by atoms with Crippen LogP contribution in [0.25, 0.3) is 0 Å². The molecule has 4 nitrogen and oxygen atoms in total. The van der Waals surface area contributed by atoms with Crippen LogP contribution in [0.5, 0.6) is 0 Å². The molecule has 1 aliphatic heterocycles. The monoisotopic (exact) mass is 211 g/mol. The van der Waals surface area contributed by atoms with Crippen molar-refractivity contribution in [1.29, 1.82) is 0 Å². The Kier molecular flexibility index (Phi) is 3.14. The fraction of sp³-hybridized carbons (Fsp3) is 0.909. The molecule has 1 unspecified atom stereocenters. The van der Waals surface area contributed by atoms with Gasteiger partial charge < -0.3 is 15.5 Å². The minimum Gasteiger partial charge on any atom is -0.334 e. The predicted octanol–water partition coefficient (Wildman–Crippen LogP) is 0.931. The molecule has 0 spiro atoms. The summed E-state index contributed by atoms with van der Waals surface area (Å²) in [7, 11) is 2.02. The van der Waals surface area contributed by atoms with Gasteiger partial charge in [-0.15, -0.1) is 0 Å². The van der Waals surface area contributed by atoms with Crippen LogP contribution < -0.4 is 10.6 Å². The summed E-state index contributed by atoms with van der Waals surface area (Å²) in [6.07, 6.45) is 4.68. The topological polar surface area (TPSA) is 44.4 Å². The summed E-state index contributed by atoms with van der Waals surface area (Å²) in [6.45, 7) is 2.95. The second kappa shape index (κ2) is 4.39. The van der Waals surface area contributed by atoms with Crippen molar-refractivity contribution in [2.45, 2.75) is 50.7 Å². The van der Waals surface area contributed by atoms with Crippen molar-refractivity contribution in [2.24, 2.45) is 0 Å². The zero-order valence-corrected chi connectivity index (χ0v) is 9.62. The minimum absolute atomic E-state index is 0.135. The van der Waals surface area contributed by atoms with Gasteiger partial charge in [0.15, 0.2) is 0 Å². The maximum Gasteiger partial charge on any atom is 0.317 e. The van der Waals surface area contributed by atoms with Gasteiger partial charge in [-0.05, 0) is 39.7 Å². The summed E-state index contributed by atoms with van der Waals surface area (Å²) in [5.41, 5.74) is 0. The first-order valence-electron chi connectivity index (χ1n) is 5.95. The molecule has 86 valence electrons. The molecule has 0 radical (unpaired) electrons. The standard InChI is InChI=1S/C11H21N3O/c1-8-7-14(11(15)13-8)10-5-3-9(12-2)4-6-10/h8-10,12H,3-7H2,1-2H3,(H,13,15). The Morgan fingerprint density at radius 1 is 1.33 bits per heavy atom. The number of urea groups is 1. The molecule has 0 bridgehead atoms.